The second-order valence-electron chi connectivity index (χ2n) is 5.53. The standard InChI is InChI=1S/C15H22N4O2.ClH/c1-18(13-5-3-2-4-6-13)14(20)11-19-9-7-12(8-10-19)15(21)17-16;/h7-10,13,16,21H,2-6,11H2,1H3;1H. The van der Waals surface area contributed by atoms with E-state index >= 15 is 0 Å². The number of amides is 2. The number of nitrogens with two attached hydrogens (primary N) is 1. The van der Waals surface area contributed by atoms with Crippen LogP contribution < -0.4 is 28.2 Å². The van der Waals surface area contributed by atoms with Crippen LogP contribution in [0.3, 0.4) is 0 Å². The number of hydrazine groups is 1. The lowest BCUT2D eigenvalue weighted by Gasteiger charge is -2.30. The van der Waals surface area contributed by atoms with Crippen molar-refractivity contribution in [1.29, 1.82) is 0 Å². The van der Waals surface area contributed by atoms with Gasteiger partial charge in [-0.25, -0.2) is 5.84 Å². The smallest absolute Gasteiger partial charge is 0.288 e. The Morgan fingerprint density at radius 1 is 1.27 bits per heavy atom. The summed E-state index contributed by atoms with van der Waals surface area (Å²) in [5.74, 6) is 4.84. The van der Waals surface area contributed by atoms with E-state index < -0.39 is 0 Å². The molecule has 7 heteroatoms. The maximum atomic E-state index is 12.3. The van der Waals surface area contributed by atoms with Crippen LogP contribution in [-0.4, -0.2) is 29.8 Å². The molecule has 1 saturated carbocycles. The number of pyridine rings is 1. The van der Waals surface area contributed by atoms with Crippen molar-refractivity contribution in [3.8, 4) is 0 Å². The van der Waals surface area contributed by atoms with E-state index in [1.165, 1.54) is 19.3 Å². The molecule has 0 spiro atoms. The molecule has 22 heavy (non-hydrogen) atoms. The largest absolute Gasteiger partial charge is 1.00 e. The van der Waals surface area contributed by atoms with Crippen molar-refractivity contribution >= 4 is 11.8 Å². The van der Waals surface area contributed by atoms with Gasteiger partial charge in [0.25, 0.3) is 11.8 Å². The quantitative estimate of drug-likeness (QED) is 0.275. The minimum absolute atomic E-state index is 0. The first-order chi connectivity index (χ1) is 10.1. The fraction of sp³-hybridized carbons (Fsp3) is 0.533. The van der Waals surface area contributed by atoms with Gasteiger partial charge in [-0.15, -0.1) is 0 Å². The molecule has 1 heterocycles. The summed E-state index contributed by atoms with van der Waals surface area (Å²) in [5.41, 5.74) is 2.55. The topological polar surface area (TPSA) is 79.3 Å². The number of rotatable bonds is 4. The van der Waals surface area contributed by atoms with Crippen LogP contribution >= 0.6 is 0 Å². The van der Waals surface area contributed by atoms with Gasteiger partial charge in [0.1, 0.15) is 0 Å². The van der Waals surface area contributed by atoms with Gasteiger partial charge in [0.15, 0.2) is 12.4 Å². The van der Waals surface area contributed by atoms with Crippen molar-refractivity contribution in [3.05, 3.63) is 30.1 Å². The first kappa shape index (κ1) is 18.4. The molecule has 2 rings (SSSR count). The Labute approximate surface area is 137 Å². The van der Waals surface area contributed by atoms with E-state index in [0.717, 1.165) is 12.8 Å². The van der Waals surface area contributed by atoms with Gasteiger partial charge in [0, 0.05) is 25.2 Å². The number of carbonyl (C=O) groups excluding carboxylic acids is 2. The second kappa shape index (κ2) is 8.70. The SMILES string of the molecule is CN(C(=O)C[n+]1ccc(C(=O)NN)cc1)C1CCCCC1.[Cl-]. The summed E-state index contributed by atoms with van der Waals surface area (Å²) in [6, 6.07) is 3.67. The van der Waals surface area contributed by atoms with Crippen molar-refractivity contribution in [2.24, 2.45) is 5.84 Å². The Hall–Kier alpha value is -1.66. The Kier molecular flexibility index (Phi) is 7.27. The van der Waals surface area contributed by atoms with E-state index in [4.69, 9.17) is 5.84 Å². The Balaban J connectivity index is 0.00000242. The number of aromatic nitrogens is 1. The first-order valence-corrected chi connectivity index (χ1v) is 7.37. The molecule has 1 fully saturated rings. The molecule has 6 nitrogen and oxygen atoms in total. The third kappa shape index (κ3) is 4.68. The zero-order valence-electron chi connectivity index (χ0n) is 12.8. The summed E-state index contributed by atoms with van der Waals surface area (Å²) in [5, 5.41) is 0. The number of nitrogens with zero attached hydrogens (tertiary/aromatic N) is 2. The Bertz CT molecular complexity index is 501. The molecule has 122 valence electrons. The second-order valence-corrected chi connectivity index (χ2v) is 5.53. The lowest BCUT2D eigenvalue weighted by molar-refractivity contribution is -0.685. The highest BCUT2D eigenvalue weighted by Crippen LogP contribution is 2.21. The van der Waals surface area contributed by atoms with Gasteiger partial charge in [-0.3, -0.25) is 15.0 Å². The van der Waals surface area contributed by atoms with E-state index in [0.29, 0.717) is 11.6 Å². The minimum Gasteiger partial charge on any atom is -1.00 e. The van der Waals surface area contributed by atoms with Gasteiger partial charge in [-0.2, -0.15) is 4.57 Å². The third-order valence-corrected chi connectivity index (χ3v) is 4.12. The summed E-state index contributed by atoms with van der Waals surface area (Å²) in [6.45, 7) is 0.289. The summed E-state index contributed by atoms with van der Waals surface area (Å²) in [6.07, 6.45) is 9.33. The summed E-state index contributed by atoms with van der Waals surface area (Å²) in [4.78, 5) is 25.5. The van der Waals surface area contributed by atoms with Crippen LogP contribution in [0.1, 0.15) is 42.5 Å². The highest BCUT2D eigenvalue weighted by molar-refractivity contribution is 5.93. The summed E-state index contributed by atoms with van der Waals surface area (Å²) >= 11 is 0. The van der Waals surface area contributed by atoms with Crippen molar-refractivity contribution in [1.82, 2.24) is 10.3 Å². The molecule has 1 aliphatic rings. The third-order valence-electron chi connectivity index (χ3n) is 4.12. The average Bonchev–Trinajstić information content (AvgIpc) is 2.55. The van der Waals surface area contributed by atoms with Gasteiger partial charge >= 0.3 is 0 Å². The predicted octanol–water partition coefficient (Wildman–Crippen LogP) is -2.63. The van der Waals surface area contributed by atoms with Crippen LogP contribution in [0.4, 0.5) is 0 Å². The number of hydrogen-bond donors (Lipinski definition) is 2. The number of carbonyl (C=O) groups is 2. The van der Waals surface area contributed by atoms with E-state index in [1.807, 2.05) is 11.9 Å². The number of hydrogen-bond acceptors (Lipinski definition) is 3. The predicted molar refractivity (Wildman–Crippen MR) is 77.9 cm³/mol. The summed E-state index contributed by atoms with van der Waals surface area (Å²) in [7, 11) is 1.88. The number of halogens is 1. The number of likely N-dealkylation sites (N-methyl/N-ethyl adjacent to an activating group) is 1. The molecule has 0 aliphatic heterocycles. The van der Waals surface area contributed by atoms with Crippen LogP contribution in [0.15, 0.2) is 24.5 Å². The van der Waals surface area contributed by atoms with Crippen molar-refractivity contribution in [2.75, 3.05) is 7.05 Å². The molecule has 1 aromatic rings. The molecule has 0 unspecified atom stereocenters. The molecule has 3 N–H and O–H groups in total. The highest BCUT2D eigenvalue weighted by Gasteiger charge is 2.24. The molecule has 0 atom stereocenters. The lowest BCUT2D eigenvalue weighted by atomic mass is 9.94. The maximum Gasteiger partial charge on any atom is 0.288 e. The zero-order chi connectivity index (χ0) is 15.2. The average molecular weight is 327 g/mol. The molecular weight excluding hydrogens is 304 g/mol. The van der Waals surface area contributed by atoms with Gasteiger partial charge in [-0.1, -0.05) is 19.3 Å². The Morgan fingerprint density at radius 2 is 1.86 bits per heavy atom. The highest BCUT2D eigenvalue weighted by atomic mass is 35.5. The fourth-order valence-corrected chi connectivity index (χ4v) is 2.74. The van der Waals surface area contributed by atoms with Crippen LogP contribution in [0.2, 0.25) is 0 Å². The fourth-order valence-electron chi connectivity index (χ4n) is 2.74. The first-order valence-electron chi connectivity index (χ1n) is 7.37. The van der Waals surface area contributed by atoms with Crippen LogP contribution in [0.25, 0.3) is 0 Å². The van der Waals surface area contributed by atoms with E-state index in [2.05, 4.69) is 5.43 Å². The minimum atomic E-state index is -0.340. The van der Waals surface area contributed by atoms with Crippen LogP contribution in [-0.2, 0) is 11.3 Å². The van der Waals surface area contributed by atoms with Gasteiger partial charge < -0.3 is 17.3 Å². The molecule has 0 aromatic carbocycles. The molecule has 2 amide bonds. The monoisotopic (exact) mass is 326 g/mol. The normalized spacial score (nSPS) is 14.8. The van der Waals surface area contributed by atoms with Crippen molar-refractivity contribution < 1.29 is 26.6 Å². The van der Waals surface area contributed by atoms with Gasteiger partial charge in [0.2, 0.25) is 6.54 Å². The molecule has 1 aromatic heterocycles. The Morgan fingerprint density at radius 3 is 2.41 bits per heavy atom. The van der Waals surface area contributed by atoms with Gasteiger partial charge in [-0.05, 0) is 12.8 Å². The van der Waals surface area contributed by atoms with Gasteiger partial charge in [0.05, 0.1) is 5.56 Å². The van der Waals surface area contributed by atoms with Crippen LogP contribution in [0, 0.1) is 0 Å². The molecule has 0 saturated heterocycles. The number of nitrogen functional groups attached to an aromatic ring is 1. The molecule has 0 radical (unpaired) electrons. The van der Waals surface area contributed by atoms with E-state index in [9.17, 15) is 9.59 Å². The van der Waals surface area contributed by atoms with E-state index in [1.54, 1.807) is 29.1 Å². The summed E-state index contributed by atoms with van der Waals surface area (Å²) < 4.78 is 1.77. The van der Waals surface area contributed by atoms with Crippen molar-refractivity contribution in [3.63, 3.8) is 0 Å². The molecule has 1 aliphatic carbocycles. The van der Waals surface area contributed by atoms with E-state index in [-0.39, 0.29) is 30.8 Å². The molecular formula is C15H23ClN4O2. The zero-order valence-corrected chi connectivity index (χ0v) is 13.6. The lowest BCUT2D eigenvalue weighted by Crippen LogP contribution is -3.00. The number of nitrogens with one attached hydrogen (secondary N) is 1. The maximum absolute atomic E-state index is 12.3. The van der Waals surface area contributed by atoms with Crippen molar-refractivity contribution in [2.45, 2.75) is 44.7 Å². The van der Waals surface area contributed by atoms with Crippen LogP contribution in [0.5, 0.6) is 0 Å². The molecule has 0 bridgehead atoms.